The molecular weight excluding hydrogens is 341 g/mol. The summed E-state index contributed by atoms with van der Waals surface area (Å²) < 4.78 is 24.9. The van der Waals surface area contributed by atoms with Crippen LogP contribution in [0.2, 0.25) is 0 Å². The topological polar surface area (TPSA) is 80.2 Å². The maximum Gasteiger partial charge on any atom is 0.460 e. The van der Waals surface area contributed by atoms with Gasteiger partial charge in [-0.3, -0.25) is 9.05 Å². The smallest absolute Gasteiger partial charge is 0.339 e. The van der Waals surface area contributed by atoms with Crippen molar-refractivity contribution in [3.05, 3.63) is 59.7 Å². The molecular formula is C17H22N3O4P. The summed E-state index contributed by atoms with van der Waals surface area (Å²) in [4.78, 5) is 12.0. The SMILES string of the molecule is C=NN(C(=O)NC)P(=O)(OCC1=CC=CCC1)OCc1ccccc1. The molecule has 0 saturated carbocycles. The highest BCUT2D eigenvalue weighted by Gasteiger charge is 2.38. The molecule has 0 spiro atoms. The molecule has 7 nitrogen and oxygen atoms in total. The van der Waals surface area contributed by atoms with Crippen LogP contribution in [0.4, 0.5) is 4.79 Å². The molecule has 0 saturated heterocycles. The fraction of sp³-hybridized carbons (Fsp3) is 0.294. The van der Waals surface area contributed by atoms with E-state index in [-0.39, 0.29) is 13.2 Å². The Bertz CT molecular complexity index is 703. The van der Waals surface area contributed by atoms with Gasteiger partial charge in [0, 0.05) is 13.8 Å². The maximum atomic E-state index is 13.2. The lowest BCUT2D eigenvalue weighted by Crippen LogP contribution is -2.33. The van der Waals surface area contributed by atoms with Crippen LogP contribution in [0.25, 0.3) is 0 Å². The first kappa shape index (κ1) is 19.1. The van der Waals surface area contributed by atoms with Gasteiger partial charge in [0.1, 0.15) is 0 Å². The van der Waals surface area contributed by atoms with E-state index in [1.807, 2.05) is 48.6 Å². The highest BCUT2D eigenvalue weighted by atomic mass is 31.2. The predicted molar refractivity (Wildman–Crippen MR) is 97.1 cm³/mol. The van der Waals surface area contributed by atoms with Gasteiger partial charge in [-0.15, -0.1) is 4.78 Å². The number of urea groups is 1. The van der Waals surface area contributed by atoms with Crippen LogP contribution in [0, 0.1) is 0 Å². The number of hydrogen-bond acceptors (Lipinski definition) is 5. The minimum absolute atomic E-state index is 0.0140. The van der Waals surface area contributed by atoms with Gasteiger partial charge in [-0.1, -0.05) is 48.6 Å². The molecule has 1 aliphatic carbocycles. The van der Waals surface area contributed by atoms with Gasteiger partial charge in [0.25, 0.3) is 0 Å². The zero-order chi connectivity index (χ0) is 18.1. The first-order chi connectivity index (χ1) is 12.1. The Morgan fingerprint density at radius 2 is 2.04 bits per heavy atom. The number of benzene rings is 1. The Labute approximate surface area is 147 Å². The van der Waals surface area contributed by atoms with E-state index in [9.17, 15) is 9.36 Å². The first-order valence-corrected chi connectivity index (χ1v) is 9.35. The standard InChI is InChI=1S/C17H22N3O4P/c1-18-17(21)20(19-2)25(22,23-13-15-9-5-3-6-10-15)24-14-16-11-7-4-8-12-16/h3-7,9-11H,2,8,12-14H2,1H3,(H,18,21). The predicted octanol–water partition coefficient (Wildman–Crippen LogP) is 3.86. The van der Waals surface area contributed by atoms with Gasteiger partial charge in [0.05, 0.1) is 13.2 Å². The molecule has 1 aromatic carbocycles. The molecule has 25 heavy (non-hydrogen) atoms. The number of allylic oxidation sites excluding steroid dienone is 3. The van der Waals surface area contributed by atoms with Gasteiger partial charge < -0.3 is 5.32 Å². The van der Waals surface area contributed by atoms with Crippen LogP contribution in [0.3, 0.4) is 0 Å². The van der Waals surface area contributed by atoms with E-state index >= 15 is 0 Å². The normalized spacial score (nSPS) is 15.8. The molecule has 0 bridgehead atoms. The van der Waals surface area contributed by atoms with Crippen molar-refractivity contribution in [1.82, 2.24) is 10.1 Å². The van der Waals surface area contributed by atoms with Crippen LogP contribution in [0.1, 0.15) is 18.4 Å². The van der Waals surface area contributed by atoms with E-state index in [1.54, 1.807) is 0 Å². The molecule has 1 N–H and O–H groups in total. The van der Waals surface area contributed by atoms with E-state index in [2.05, 4.69) is 17.1 Å². The largest absolute Gasteiger partial charge is 0.460 e. The number of nitrogens with one attached hydrogen (secondary N) is 1. The third kappa shape index (κ3) is 5.39. The van der Waals surface area contributed by atoms with Crippen molar-refractivity contribution in [1.29, 1.82) is 0 Å². The number of hydrazone groups is 1. The van der Waals surface area contributed by atoms with Gasteiger partial charge in [-0.05, 0) is 24.0 Å². The third-order valence-electron chi connectivity index (χ3n) is 3.51. The van der Waals surface area contributed by atoms with Gasteiger partial charge in [-0.2, -0.15) is 5.10 Å². The Morgan fingerprint density at radius 3 is 2.64 bits per heavy atom. The number of amides is 2. The van der Waals surface area contributed by atoms with Gasteiger partial charge in [0.2, 0.25) is 0 Å². The quantitative estimate of drug-likeness (QED) is 0.432. The molecule has 0 radical (unpaired) electrons. The van der Waals surface area contributed by atoms with Crippen LogP contribution in [0.5, 0.6) is 0 Å². The number of rotatable bonds is 8. The van der Waals surface area contributed by atoms with Gasteiger partial charge >= 0.3 is 13.8 Å². The Kier molecular flexibility index (Phi) is 7.13. The first-order valence-electron chi connectivity index (χ1n) is 7.85. The lowest BCUT2D eigenvalue weighted by molar-refractivity contribution is 0.160. The zero-order valence-corrected chi connectivity index (χ0v) is 15.0. The molecule has 1 aromatic rings. The van der Waals surface area contributed by atoms with Crippen LogP contribution in [-0.2, 0) is 20.2 Å². The summed E-state index contributed by atoms with van der Waals surface area (Å²) in [7, 11) is -2.61. The maximum absolute atomic E-state index is 13.2. The van der Waals surface area contributed by atoms with Crippen molar-refractivity contribution in [3.63, 3.8) is 0 Å². The van der Waals surface area contributed by atoms with Crippen molar-refractivity contribution < 1.29 is 18.4 Å². The van der Waals surface area contributed by atoms with E-state index in [0.717, 1.165) is 24.0 Å². The van der Waals surface area contributed by atoms with Crippen LogP contribution >= 0.6 is 7.75 Å². The number of carbonyl (C=O) groups is 1. The molecule has 2 amide bonds. The summed E-state index contributed by atoms with van der Waals surface area (Å²) in [5, 5.41) is 5.88. The molecule has 0 aliphatic heterocycles. The van der Waals surface area contributed by atoms with Crippen LogP contribution < -0.4 is 5.32 Å². The minimum Gasteiger partial charge on any atom is -0.339 e. The van der Waals surface area contributed by atoms with Crippen molar-refractivity contribution >= 4 is 20.5 Å². The van der Waals surface area contributed by atoms with Crippen molar-refractivity contribution in [3.8, 4) is 0 Å². The molecule has 1 unspecified atom stereocenters. The molecule has 1 aliphatic rings. The van der Waals surface area contributed by atoms with E-state index in [4.69, 9.17) is 9.05 Å². The molecule has 0 fully saturated rings. The summed E-state index contributed by atoms with van der Waals surface area (Å²) in [5.74, 6) is 0. The second-order valence-electron chi connectivity index (χ2n) is 5.28. The second-order valence-corrected chi connectivity index (χ2v) is 7.11. The average Bonchev–Trinajstić information content (AvgIpc) is 2.67. The fourth-order valence-corrected chi connectivity index (χ4v) is 3.58. The lowest BCUT2D eigenvalue weighted by atomic mass is 10.1. The van der Waals surface area contributed by atoms with Crippen molar-refractivity contribution in [2.75, 3.05) is 13.7 Å². The minimum atomic E-state index is -4.01. The Hall–Kier alpha value is -2.21. The van der Waals surface area contributed by atoms with Gasteiger partial charge in [0.15, 0.2) is 0 Å². The van der Waals surface area contributed by atoms with E-state index < -0.39 is 13.8 Å². The van der Waals surface area contributed by atoms with Crippen LogP contribution in [-0.4, -0.2) is 31.2 Å². The second kappa shape index (κ2) is 9.32. The average molecular weight is 363 g/mol. The highest BCUT2D eigenvalue weighted by molar-refractivity contribution is 7.52. The molecule has 0 heterocycles. The summed E-state index contributed by atoms with van der Waals surface area (Å²) >= 11 is 0. The monoisotopic (exact) mass is 363 g/mol. The summed E-state index contributed by atoms with van der Waals surface area (Å²) in [5.41, 5.74) is 1.76. The van der Waals surface area contributed by atoms with Crippen LogP contribution in [0.15, 0.2) is 59.2 Å². The summed E-state index contributed by atoms with van der Waals surface area (Å²) in [6.45, 7) is 3.40. The Morgan fingerprint density at radius 1 is 1.32 bits per heavy atom. The summed E-state index contributed by atoms with van der Waals surface area (Å²) in [6, 6.07) is 8.47. The summed E-state index contributed by atoms with van der Waals surface area (Å²) in [6.07, 6.45) is 7.55. The lowest BCUT2D eigenvalue weighted by Gasteiger charge is -2.26. The molecule has 0 aromatic heterocycles. The van der Waals surface area contributed by atoms with E-state index in [0.29, 0.717) is 4.78 Å². The zero-order valence-electron chi connectivity index (χ0n) is 14.1. The fourth-order valence-electron chi connectivity index (χ4n) is 2.17. The van der Waals surface area contributed by atoms with Gasteiger partial charge in [-0.25, -0.2) is 9.36 Å². The van der Waals surface area contributed by atoms with Crippen molar-refractivity contribution in [2.24, 2.45) is 5.10 Å². The number of carbonyl (C=O) groups excluding carboxylic acids is 1. The number of hydrogen-bond donors (Lipinski definition) is 1. The third-order valence-corrected chi connectivity index (χ3v) is 5.19. The molecule has 1 atom stereocenters. The molecule has 2 rings (SSSR count). The van der Waals surface area contributed by atoms with Crippen molar-refractivity contribution in [2.45, 2.75) is 19.4 Å². The Balaban J connectivity index is 2.15. The highest BCUT2D eigenvalue weighted by Crippen LogP contribution is 2.53. The number of nitrogens with zero attached hydrogens (tertiary/aromatic N) is 2. The van der Waals surface area contributed by atoms with E-state index in [1.165, 1.54) is 7.05 Å². The molecule has 134 valence electrons. The molecule has 8 heteroatoms.